The van der Waals surface area contributed by atoms with Crippen molar-refractivity contribution in [3.8, 4) is 0 Å². The van der Waals surface area contributed by atoms with Crippen LogP contribution < -0.4 is 9.80 Å². The molecule has 2 aromatic carbocycles. The minimum Gasteiger partial charge on any atom is -0.378 e. The van der Waals surface area contributed by atoms with Gasteiger partial charge in [0.25, 0.3) is 5.91 Å². The summed E-state index contributed by atoms with van der Waals surface area (Å²) in [4.78, 5) is 25.3. The average Bonchev–Trinajstić information content (AvgIpc) is 3.16. The molecule has 0 aromatic heterocycles. The van der Waals surface area contributed by atoms with E-state index < -0.39 is 0 Å². The van der Waals surface area contributed by atoms with E-state index in [4.69, 9.17) is 9.73 Å². The summed E-state index contributed by atoms with van der Waals surface area (Å²) in [6.07, 6.45) is 3.13. The normalized spacial score (nSPS) is 24.1. The van der Waals surface area contributed by atoms with E-state index in [1.807, 2.05) is 25.1 Å². The van der Waals surface area contributed by atoms with Gasteiger partial charge in [-0.3, -0.25) is 9.69 Å². The van der Waals surface area contributed by atoms with Crippen LogP contribution in [0.4, 0.5) is 17.1 Å². The van der Waals surface area contributed by atoms with Gasteiger partial charge in [-0.15, -0.1) is 0 Å². The number of hydrogen-bond donors (Lipinski definition) is 0. The lowest BCUT2D eigenvalue weighted by molar-refractivity contribution is -0.122. The molecule has 36 heavy (non-hydrogen) atoms. The van der Waals surface area contributed by atoms with E-state index in [1.54, 1.807) is 4.90 Å². The van der Waals surface area contributed by atoms with Gasteiger partial charge in [0.15, 0.2) is 5.17 Å². The zero-order valence-corrected chi connectivity index (χ0v) is 22.8. The van der Waals surface area contributed by atoms with Gasteiger partial charge in [-0.2, -0.15) is 0 Å². The molecule has 0 bridgehead atoms. The van der Waals surface area contributed by atoms with Crippen LogP contribution in [0.25, 0.3) is 6.08 Å². The van der Waals surface area contributed by atoms with E-state index in [2.05, 4.69) is 68.0 Å². The Morgan fingerprint density at radius 1 is 1.14 bits per heavy atom. The number of rotatable bonds is 4. The molecule has 1 amide bonds. The van der Waals surface area contributed by atoms with Crippen molar-refractivity contribution in [1.82, 2.24) is 4.90 Å². The van der Waals surface area contributed by atoms with E-state index in [0.717, 1.165) is 54.0 Å². The predicted octanol–water partition coefficient (Wildman–Crippen LogP) is 5.87. The Bertz CT molecular complexity index is 1200. The minimum atomic E-state index is 0.0233. The fourth-order valence-electron chi connectivity index (χ4n) is 5.38. The third kappa shape index (κ3) is 4.78. The van der Waals surface area contributed by atoms with Gasteiger partial charge in [0.05, 0.1) is 23.8 Å². The lowest BCUT2D eigenvalue weighted by atomic mass is 9.80. The van der Waals surface area contributed by atoms with Crippen molar-refractivity contribution in [2.24, 2.45) is 4.99 Å². The van der Waals surface area contributed by atoms with Crippen LogP contribution in [-0.4, -0.2) is 61.4 Å². The Labute approximate surface area is 219 Å². The number of anilines is 2. The van der Waals surface area contributed by atoms with Gasteiger partial charge in [0, 0.05) is 43.6 Å². The summed E-state index contributed by atoms with van der Waals surface area (Å²) >= 11 is 1.46. The van der Waals surface area contributed by atoms with Crippen LogP contribution in [0.15, 0.2) is 52.4 Å². The van der Waals surface area contributed by atoms with Crippen molar-refractivity contribution in [2.75, 3.05) is 49.7 Å². The van der Waals surface area contributed by atoms with Gasteiger partial charge >= 0.3 is 0 Å². The number of benzene rings is 2. The highest BCUT2D eigenvalue weighted by Crippen LogP contribution is 2.43. The zero-order chi connectivity index (χ0) is 25.4. The maximum Gasteiger partial charge on any atom is 0.266 e. The van der Waals surface area contributed by atoms with Crippen molar-refractivity contribution in [1.29, 1.82) is 0 Å². The van der Waals surface area contributed by atoms with Gasteiger partial charge in [-0.1, -0.05) is 13.0 Å². The van der Waals surface area contributed by atoms with Crippen LogP contribution in [0.1, 0.15) is 51.2 Å². The molecule has 5 rings (SSSR count). The number of carbonyl (C=O) groups excluding carboxylic acids is 1. The zero-order valence-electron chi connectivity index (χ0n) is 22.0. The fraction of sp³-hybridized carbons (Fsp3) is 0.448. The number of carbonyl (C=O) groups is 1. The Morgan fingerprint density at radius 2 is 1.86 bits per heavy atom. The van der Waals surface area contributed by atoms with Crippen LogP contribution in [0.2, 0.25) is 0 Å². The lowest BCUT2D eigenvalue weighted by Crippen LogP contribution is -2.45. The van der Waals surface area contributed by atoms with E-state index in [0.29, 0.717) is 12.5 Å². The molecule has 0 saturated carbocycles. The van der Waals surface area contributed by atoms with E-state index in [1.165, 1.54) is 28.7 Å². The molecule has 0 radical (unpaired) electrons. The number of nitrogens with zero attached hydrogens (tertiary/aromatic N) is 4. The van der Waals surface area contributed by atoms with E-state index >= 15 is 0 Å². The van der Waals surface area contributed by atoms with Gasteiger partial charge in [-0.25, -0.2) is 4.99 Å². The second-order valence-corrected chi connectivity index (χ2v) is 11.5. The van der Waals surface area contributed by atoms with Crippen LogP contribution in [-0.2, 0) is 9.53 Å². The topological polar surface area (TPSA) is 48.4 Å². The number of ether oxygens (including phenoxy) is 1. The first-order valence-corrected chi connectivity index (χ1v) is 13.7. The summed E-state index contributed by atoms with van der Waals surface area (Å²) in [5.74, 6) is 0.497. The third-order valence-corrected chi connectivity index (χ3v) is 8.62. The second kappa shape index (κ2) is 9.94. The maximum absolute atomic E-state index is 13.2. The second-order valence-electron chi connectivity index (χ2n) is 10.5. The molecule has 2 aromatic rings. The molecule has 190 valence electrons. The number of morpholine rings is 1. The number of fused-ring (bicyclic) bond motifs is 1. The van der Waals surface area contributed by atoms with Crippen LogP contribution in [0.5, 0.6) is 0 Å². The monoisotopic (exact) mass is 504 g/mol. The standard InChI is InChI=1S/C29H36N4O2S/c1-6-33-27(34)26(18-21-7-12-25-24(17-21)20(2)19-29(3,4)31(25)5)36-28(33)30-22-8-10-23(11-9-22)32-13-15-35-16-14-32/h7-12,17-18,20H,6,13-16,19H2,1-5H3/b26-18+,30-28?. The summed E-state index contributed by atoms with van der Waals surface area (Å²) in [7, 11) is 2.18. The summed E-state index contributed by atoms with van der Waals surface area (Å²) in [5.41, 5.74) is 5.87. The van der Waals surface area contributed by atoms with Gasteiger partial charge in [0.1, 0.15) is 0 Å². The van der Waals surface area contributed by atoms with Crippen molar-refractivity contribution in [3.05, 3.63) is 58.5 Å². The molecule has 2 saturated heterocycles. The number of amides is 1. The molecule has 3 heterocycles. The molecule has 0 spiro atoms. The quantitative estimate of drug-likeness (QED) is 0.488. The number of amidine groups is 1. The Kier molecular flexibility index (Phi) is 6.88. The Morgan fingerprint density at radius 3 is 2.56 bits per heavy atom. The van der Waals surface area contributed by atoms with Crippen molar-refractivity contribution >= 4 is 46.0 Å². The predicted molar refractivity (Wildman–Crippen MR) is 151 cm³/mol. The first-order chi connectivity index (χ1) is 17.3. The summed E-state index contributed by atoms with van der Waals surface area (Å²) in [5, 5.41) is 0.737. The molecule has 0 N–H and O–H groups in total. The SMILES string of the molecule is CCN1C(=O)/C(=C\c2ccc3c(c2)C(C)CC(C)(C)N3C)SC1=Nc1ccc(N2CCOCC2)cc1. The first kappa shape index (κ1) is 24.9. The maximum atomic E-state index is 13.2. The van der Waals surface area contributed by atoms with Crippen LogP contribution in [0.3, 0.4) is 0 Å². The van der Waals surface area contributed by atoms with Crippen LogP contribution >= 0.6 is 11.8 Å². The first-order valence-electron chi connectivity index (χ1n) is 12.9. The summed E-state index contributed by atoms with van der Waals surface area (Å²) < 4.78 is 5.45. The molecule has 1 unspecified atom stereocenters. The van der Waals surface area contributed by atoms with E-state index in [9.17, 15) is 4.79 Å². The largest absolute Gasteiger partial charge is 0.378 e. The van der Waals surface area contributed by atoms with Gasteiger partial charge in [-0.05, 0) is 98.5 Å². The van der Waals surface area contributed by atoms with E-state index in [-0.39, 0.29) is 11.4 Å². The third-order valence-electron chi connectivity index (χ3n) is 7.61. The van der Waals surface area contributed by atoms with Crippen molar-refractivity contribution in [3.63, 3.8) is 0 Å². The highest BCUT2D eigenvalue weighted by atomic mass is 32.2. The molecule has 3 aliphatic heterocycles. The van der Waals surface area contributed by atoms with Gasteiger partial charge in [0.2, 0.25) is 0 Å². The Balaban J connectivity index is 1.38. The summed E-state index contributed by atoms with van der Waals surface area (Å²) in [6.45, 7) is 12.8. The molecular formula is C29H36N4O2S. The van der Waals surface area contributed by atoms with Crippen molar-refractivity contribution in [2.45, 2.75) is 45.6 Å². The highest BCUT2D eigenvalue weighted by molar-refractivity contribution is 8.18. The number of likely N-dealkylation sites (N-methyl/N-ethyl adjacent to an activating group) is 1. The number of hydrogen-bond acceptors (Lipinski definition) is 6. The highest BCUT2D eigenvalue weighted by Gasteiger charge is 2.35. The molecule has 7 heteroatoms. The minimum absolute atomic E-state index is 0.0233. The molecular weight excluding hydrogens is 468 g/mol. The molecule has 3 aliphatic rings. The fourth-order valence-corrected chi connectivity index (χ4v) is 6.44. The summed E-state index contributed by atoms with van der Waals surface area (Å²) in [6, 6.07) is 14.8. The van der Waals surface area contributed by atoms with Crippen molar-refractivity contribution < 1.29 is 9.53 Å². The molecule has 2 fully saturated rings. The molecule has 1 atom stereocenters. The number of thioether (sulfide) groups is 1. The lowest BCUT2D eigenvalue weighted by Gasteiger charge is -2.45. The average molecular weight is 505 g/mol. The number of aliphatic imine (C=N–C) groups is 1. The van der Waals surface area contributed by atoms with Crippen LogP contribution in [0, 0.1) is 0 Å². The van der Waals surface area contributed by atoms with Gasteiger partial charge < -0.3 is 14.5 Å². The molecule has 6 nitrogen and oxygen atoms in total. The Hall–Kier alpha value is -2.77. The smallest absolute Gasteiger partial charge is 0.266 e. The molecule has 0 aliphatic carbocycles.